The molecular formula is C13H16F3N5. The summed E-state index contributed by atoms with van der Waals surface area (Å²) in [6, 6.07) is 1.67. The molecule has 8 heteroatoms. The van der Waals surface area contributed by atoms with Gasteiger partial charge in [-0.1, -0.05) is 0 Å². The number of halogens is 3. The Balaban J connectivity index is 1.64. The molecule has 0 aromatic carbocycles. The predicted octanol–water partition coefficient (Wildman–Crippen LogP) is 2.30. The van der Waals surface area contributed by atoms with Crippen molar-refractivity contribution in [3.63, 3.8) is 0 Å². The molecule has 0 saturated heterocycles. The van der Waals surface area contributed by atoms with Crippen LogP contribution in [0.5, 0.6) is 0 Å². The molecule has 1 saturated carbocycles. The van der Waals surface area contributed by atoms with Crippen LogP contribution in [0, 0.1) is 0 Å². The Labute approximate surface area is 119 Å². The molecule has 2 aromatic heterocycles. The van der Waals surface area contributed by atoms with Crippen molar-refractivity contribution in [1.29, 1.82) is 0 Å². The van der Waals surface area contributed by atoms with E-state index < -0.39 is 11.9 Å². The lowest BCUT2D eigenvalue weighted by molar-refractivity contribution is -0.141. The first-order valence-electron chi connectivity index (χ1n) is 6.93. The van der Waals surface area contributed by atoms with E-state index in [2.05, 4.69) is 20.7 Å². The van der Waals surface area contributed by atoms with Gasteiger partial charge in [0.05, 0.1) is 0 Å². The van der Waals surface area contributed by atoms with Crippen LogP contribution in [-0.2, 0) is 6.18 Å². The molecule has 2 N–H and O–H groups in total. The summed E-state index contributed by atoms with van der Waals surface area (Å²) in [6.07, 6.45) is 1.76. The van der Waals surface area contributed by atoms with E-state index in [1.54, 1.807) is 0 Å². The lowest BCUT2D eigenvalue weighted by Crippen LogP contribution is -2.20. The lowest BCUT2D eigenvalue weighted by atomic mass is 10.3. The second-order valence-corrected chi connectivity index (χ2v) is 5.14. The third kappa shape index (κ3) is 3.44. The van der Waals surface area contributed by atoms with Crippen molar-refractivity contribution in [2.24, 2.45) is 0 Å². The summed E-state index contributed by atoms with van der Waals surface area (Å²) >= 11 is 0. The van der Waals surface area contributed by atoms with Crippen molar-refractivity contribution in [2.45, 2.75) is 31.5 Å². The molecule has 2 heterocycles. The van der Waals surface area contributed by atoms with Gasteiger partial charge in [0.2, 0.25) is 0 Å². The van der Waals surface area contributed by atoms with Gasteiger partial charge in [-0.15, -0.1) is 0 Å². The molecule has 0 radical (unpaired) electrons. The van der Waals surface area contributed by atoms with Gasteiger partial charge in [0, 0.05) is 31.0 Å². The molecule has 5 nitrogen and oxygen atoms in total. The van der Waals surface area contributed by atoms with E-state index in [4.69, 9.17) is 0 Å². The van der Waals surface area contributed by atoms with Crippen molar-refractivity contribution in [3.05, 3.63) is 24.2 Å². The largest absolute Gasteiger partial charge is 0.435 e. The van der Waals surface area contributed by atoms with Crippen LogP contribution >= 0.6 is 0 Å². The SMILES string of the molecule is FC(F)(F)c1cc2c(NCCCNC3CC3)nccn2n1. The summed E-state index contributed by atoms with van der Waals surface area (Å²) in [6.45, 7) is 1.55. The molecule has 114 valence electrons. The highest BCUT2D eigenvalue weighted by Crippen LogP contribution is 2.29. The van der Waals surface area contributed by atoms with Gasteiger partial charge in [-0.3, -0.25) is 0 Å². The van der Waals surface area contributed by atoms with Crippen molar-refractivity contribution in [1.82, 2.24) is 19.9 Å². The van der Waals surface area contributed by atoms with Gasteiger partial charge in [0.25, 0.3) is 0 Å². The average Bonchev–Trinajstić information content (AvgIpc) is 3.13. The van der Waals surface area contributed by atoms with E-state index in [-0.39, 0.29) is 0 Å². The highest BCUT2D eigenvalue weighted by atomic mass is 19.4. The lowest BCUT2D eigenvalue weighted by Gasteiger charge is -2.07. The minimum atomic E-state index is -4.45. The van der Waals surface area contributed by atoms with Crippen LogP contribution in [0.3, 0.4) is 0 Å². The fourth-order valence-corrected chi connectivity index (χ4v) is 2.09. The van der Waals surface area contributed by atoms with Crippen LogP contribution in [0.4, 0.5) is 19.0 Å². The minimum absolute atomic E-state index is 0.333. The second kappa shape index (κ2) is 5.51. The third-order valence-electron chi connectivity index (χ3n) is 3.34. The summed E-state index contributed by atoms with van der Waals surface area (Å²) in [5.74, 6) is 0.423. The number of rotatable bonds is 6. The zero-order valence-corrected chi connectivity index (χ0v) is 11.3. The summed E-state index contributed by atoms with van der Waals surface area (Å²) < 4.78 is 39.2. The predicted molar refractivity (Wildman–Crippen MR) is 72.1 cm³/mol. The van der Waals surface area contributed by atoms with E-state index >= 15 is 0 Å². The molecule has 0 spiro atoms. The normalized spacial score (nSPS) is 15.6. The quantitative estimate of drug-likeness (QED) is 0.804. The van der Waals surface area contributed by atoms with Crippen LogP contribution in [-0.4, -0.2) is 33.7 Å². The Morgan fingerprint density at radius 3 is 2.81 bits per heavy atom. The zero-order chi connectivity index (χ0) is 14.9. The molecule has 1 fully saturated rings. The first-order valence-corrected chi connectivity index (χ1v) is 6.93. The van der Waals surface area contributed by atoms with Crippen molar-refractivity contribution in [3.8, 4) is 0 Å². The van der Waals surface area contributed by atoms with Gasteiger partial charge < -0.3 is 10.6 Å². The van der Waals surface area contributed by atoms with Crippen LogP contribution in [0.15, 0.2) is 18.5 Å². The maximum Gasteiger partial charge on any atom is 0.435 e. The Morgan fingerprint density at radius 2 is 2.10 bits per heavy atom. The molecule has 3 rings (SSSR count). The van der Waals surface area contributed by atoms with E-state index in [0.717, 1.165) is 19.0 Å². The molecule has 21 heavy (non-hydrogen) atoms. The van der Waals surface area contributed by atoms with Crippen LogP contribution in [0.1, 0.15) is 25.0 Å². The Bertz CT molecular complexity index is 618. The smallest absolute Gasteiger partial charge is 0.368 e. The van der Waals surface area contributed by atoms with Gasteiger partial charge in [0.1, 0.15) is 5.52 Å². The van der Waals surface area contributed by atoms with E-state index in [9.17, 15) is 13.2 Å². The third-order valence-corrected chi connectivity index (χ3v) is 3.34. The minimum Gasteiger partial charge on any atom is -0.368 e. The molecule has 0 atom stereocenters. The van der Waals surface area contributed by atoms with Gasteiger partial charge in [-0.05, 0) is 25.8 Å². The number of nitrogens with one attached hydrogen (secondary N) is 2. The number of aromatic nitrogens is 3. The fraction of sp³-hybridized carbons (Fsp3) is 0.538. The molecule has 1 aliphatic rings. The topological polar surface area (TPSA) is 54.2 Å². The summed E-state index contributed by atoms with van der Waals surface area (Å²) in [5.41, 5.74) is -0.575. The molecule has 0 unspecified atom stereocenters. The summed E-state index contributed by atoms with van der Waals surface area (Å²) in [4.78, 5) is 4.09. The Hall–Kier alpha value is -1.83. The van der Waals surface area contributed by atoms with Gasteiger partial charge in [-0.25, -0.2) is 9.50 Å². The first kappa shape index (κ1) is 14.1. The van der Waals surface area contributed by atoms with Crippen molar-refractivity contribution in [2.75, 3.05) is 18.4 Å². The van der Waals surface area contributed by atoms with E-state index in [0.29, 0.717) is 23.9 Å². The molecule has 1 aliphatic carbocycles. The van der Waals surface area contributed by atoms with Gasteiger partial charge in [0.15, 0.2) is 11.5 Å². The molecule has 0 amide bonds. The van der Waals surface area contributed by atoms with Crippen LogP contribution in [0.2, 0.25) is 0 Å². The number of nitrogens with zero attached hydrogens (tertiary/aromatic N) is 3. The molecular weight excluding hydrogens is 283 g/mol. The number of hydrogen-bond acceptors (Lipinski definition) is 4. The van der Waals surface area contributed by atoms with Gasteiger partial charge in [-0.2, -0.15) is 18.3 Å². The maximum atomic E-state index is 12.7. The zero-order valence-electron chi connectivity index (χ0n) is 11.3. The average molecular weight is 299 g/mol. The highest BCUT2D eigenvalue weighted by molar-refractivity contribution is 5.67. The second-order valence-electron chi connectivity index (χ2n) is 5.14. The Kier molecular flexibility index (Phi) is 3.71. The van der Waals surface area contributed by atoms with Crippen molar-refractivity contribution >= 4 is 11.3 Å². The maximum absolute atomic E-state index is 12.7. The number of hydrogen-bond donors (Lipinski definition) is 2. The number of fused-ring (bicyclic) bond motifs is 1. The molecule has 2 aromatic rings. The number of alkyl halides is 3. The van der Waals surface area contributed by atoms with Crippen molar-refractivity contribution < 1.29 is 13.2 Å². The van der Waals surface area contributed by atoms with Crippen LogP contribution < -0.4 is 10.6 Å². The van der Waals surface area contributed by atoms with E-state index in [1.807, 2.05) is 0 Å². The summed E-state index contributed by atoms with van der Waals surface area (Å²) in [5, 5.41) is 9.96. The first-order chi connectivity index (χ1) is 10.0. The monoisotopic (exact) mass is 299 g/mol. The fourth-order valence-electron chi connectivity index (χ4n) is 2.09. The van der Waals surface area contributed by atoms with E-state index in [1.165, 1.54) is 29.8 Å². The highest BCUT2D eigenvalue weighted by Gasteiger charge is 2.34. The van der Waals surface area contributed by atoms with Crippen LogP contribution in [0.25, 0.3) is 5.52 Å². The molecule has 0 bridgehead atoms. The van der Waals surface area contributed by atoms with Gasteiger partial charge >= 0.3 is 6.18 Å². The number of anilines is 1. The standard InChI is InChI=1S/C13H16F3N5/c14-13(15,16)11-8-10-12(19-6-7-21(10)20-11)18-5-1-4-17-9-2-3-9/h6-9,17H,1-5H2,(H,18,19). The Morgan fingerprint density at radius 1 is 1.29 bits per heavy atom. The molecule has 0 aliphatic heterocycles. The summed E-state index contributed by atoms with van der Waals surface area (Å²) in [7, 11) is 0.